The van der Waals surface area contributed by atoms with Crippen molar-refractivity contribution in [2.45, 2.75) is 36.7 Å². The van der Waals surface area contributed by atoms with Crippen LogP contribution in [0.2, 0.25) is 0 Å². The second kappa shape index (κ2) is 9.67. The molecule has 0 amide bonds. The summed E-state index contributed by atoms with van der Waals surface area (Å²) >= 11 is 1.53. The van der Waals surface area contributed by atoms with E-state index in [2.05, 4.69) is 20.3 Å². The molecule has 1 aliphatic rings. The first-order valence-electron chi connectivity index (χ1n) is 10.8. The van der Waals surface area contributed by atoms with Gasteiger partial charge in [0.15, 0.2) is 11.0 Å². The molecule has 0 aliphatic carbocycles. The van der Waals surface area contributed by atoms with Gasteiger partial charge < -0.3 is 4.52 Å². The molecule has 6 nitrogen and oxygen atoms in total. The molecule has 0 saturated carbocycles. The Morgan fingerprint density at radius 1 is 0.938 bits per heavy atom. The van der Waals surface area contributed by atoms with Crippen LogP contribution < -0.4 is 0 Å². The van der Waals surface area contributed by atoms with E-state index in [4.69, 9.17) is 4.52 Å². The van der Waals surface area contributed by atoms with E-state index in [1.165, 1.54) is 43.2 Å². The van der Waals surface area contributed by atoms with Crippen LogP contribution >= 0.6 is 11.8 Å². The fraction of sp³-hybridized carbons (Fsp3) is 0.292. The zero-order chi connectivity index (χ0) is 21.8. The first-order chi connectivity index (χ1) is 15.8. The van der Waals surface area contributed by atoms with Crippen molar-refractivity contribution in [1.29, 1.82) is 0 Å². The standard InChI is InChI=1S/C24H24FN5OS/c25-19-9-11-20(12-10-19)30-23(16-29-13-5-2-6-14-29)26-27-24(30)32-17-21-15-22(28-31-21)18-7-3-1-4-8-18/h1,3-4,7-12,15H,2,5-6,13-14,16-17H2. The number of rotatable bonds is 7. The van der Waals surface area contributed by atoms with Crippen molar-refractivity contribution in [3.05, 3.63) is 78.1 Å². The fourth-order valence-corrected chi connectivity index (χ4v) is 4.77. The van der Waals surface area contributed by atoms with Gasteiger partial charge in [0.2, 0.25) is 0 Å². The van der Waals surface area contributed by atoms with Gasteiger partial charge in [0.1, 0.15) is 17.3 Å². The highest BCUT2D eigenvalue weighted by Crippen LogP contribution is 2.28. The van der Waals surface area contributed by atoms with Crippen molar-refractivity contribution in [2.75, 3.05) is 13.1 Å². The summed E-state index contributed by atoms with van der Waals surface area (Å²) in [5.74, 6) is 1.94. The topological polar surface area (TPSA) is 60.0 Å². The zero-order valence-corrected chi connectivity index (χ0v) is 18.5. The summed E-state index contributed by atoms with van der Waals surface area (Å²) in [5, 5.41) is 13.9. The largest absolute Gasteiger partial charge is 0.360 e. The van der Waals surface area contributed by atoms with E-state index in [-0.39, 0.29) is 5.82 Å². The molecule has 2 aromatic heterocycles. The van der Waals surface area contributed by atoms with E-state index in [0.29, 0.717) is 5.75 Å². The summed E-state index contributed by atoms with van der Waals surface area (Å²) in [7, 11) is 0. The lowest BCUT2D eigenvalue weighted by Gasteiger charge is -2.26. The van der Waals surface area contributed by atoms with Gasteiger partial charge in [0, 0.05) is 17.3 Å². The van der Waals surface area contributed by atoms with Gasteiger partial charge in [0.25, 0.3) is 0 Å². The minimum Gasteiger partial charge on any atom is -0.360 e. The molecule has 164 valence electrons. The number of hydrogen-bond acceptors (Lipinski definition) is 6. The Kier molecular flexibility index (Phi) is 6.31. The molecule has 2 aromatic carbocycles. The number of piperidine rings is 1. The smallest absolute Gasteiger partial charge is 0.196 e. The van der Waals surface area contributed by atoms with Crippen LogP contribution in [0, 0.1) is 5.82 Å². The molecule has 5 rings (SSSR count). The lowest BCUT2D eigenvalue weighted by Crippen LogP contribution is -2.30. The van der Waals surface area contributed by atoms with Crippen LogP contribution in [-0.2, 0) is 12.3 Å². The average molecular weight is 450 g/mol. The second-order valence-electron chi connectivity index (χ2n) is 7.88. The summed E-state index contributed by atoms with van der Waals surface area (Å²) in [6.45, 7) is 2.86. The van der Waals surface area contributed by atoms with Gasteiger partial charge in [-0.15, -0.1) is 10.2 Å². The molecular formula is C24H24FN5OS. The maximum atomic E-state index is 13.5. The summed E-state index contributed by atoms with van der Waals surface area (Å²) in [5.41, 5.74) is 2.69. The summed E-state index contributed by atoms with van der Waals surface area (Å²) < 4.78 is 21.1. The predicted octanol–water partition coefficient (Wildman–Crippen LogP) is 5.34. The van der Waals surface area contributed by atoms with Crippen molar-refractivity contribution in [3.63, 3.8) is 0 Å². The van der Waals surface area contributed by atoms with E-state index >= 15 is 0 Å². The summed E-state index contributed by atoms with van der Waals surface area (Å²) in [4.78, 5) is 2.41. The number of nitrogens with zero attached hydrogens (tertiary/aromatic N) is 5. The SMILES string of the molecule is Fc1ccc(-n2c(CN3CCCCC3)nnc2SCc2cc(-c3ccccc3)no2)cc1. The molecule has 1 aliphatic heterocycles. The molecule has 0 bridgehead atoms. The average Bonchev–Trinajstić information content (AvgIpc) is 3.47. The first kappa shape index (κ1) is 20.9. The third-order valence-corrected chi connectivity index (χ3v) is 6.52. The molecular weight excluding hydrogens is 425 g/mol. The van der Waals surface area contributed by atoms with Crippen molar-refractivity contribution >= 4 is 11.8 Å². The van der Waals surface area contributed by atoms with Gasteiger partial charge in [-0.3, -0.25) is 9.47 Å². The molecule has 1 fully saturated rings. The Morgan fingerprint density at radius 3 is 2.50 bits per heavy atom. The minimum absolute atomic E-state index is 0.260. The third kappa shape index (κ3) is 4.76. The Morgan fingerprint density at radius 2 is 1.72 bits per heavy atom. The highest BCUT2D eigenvalue weighted by atomic mass is 32.2. The van der Waals surface area contributed by atoms with E-state index in [9.17, 15) is 4.39 Å². The van der Waals surface area contributed by atoms with Crippen LogP contribution in [0.3, 0.4) is 0 Å². The maximum Gasteiger partial charge on any atom is 0.196 e. The van der Waals surface area contributed by atoms with Crippen LogP contribution in [-0.4, -0.2) is 37.9 Å². The number of aromatic nitrogens is 4. The quantitative estimate of drug-likeness (QED) is 0.355. The van der Waals surface area contributed by atoms with Crippen molar-refractivity contribution in [1.82, 2.24) is 24.8 Å². The first-order valence-corrected chi connectivity index (χ1v) is 11.8. The minimum atomic E-state index is -0.260. The number of thioether (sulfide) groups is 1. The normalized spacial score (nSPS) is 14.7. The Labute approximate surface area is 190 Å². The van der Waals surface area contributed by atoms with Gasteiger partial charge in [0.05, 0.1) is 12.3 Å². The summed E-state index contributed by atoms with van der Waals surface area (Å²) in [6, 6.07) is 18.4. The Bertz CT molecular complexity index is 1150. The molecule has 0 spiro atoms. The predicted molar refractivity (Wildman–Crippen MR) is 122 cm³/mol. The van der Waals surface area contributed by atoms with Gasteiger partial charge in [-0.1, -0.05) is 53.7 Å². The molecule has 0 unspecified atom stereocenters. The number of likely N-dealkylation sites (tertiary alicyclic amines) is 1. The molecule has 4 aromatic rings. The highest BCUT2D eigenvalue weighted by Gasteiger charge is 2.19. The van der Waals surface area contributed by atoms with Gasteiger partial charge in [-0.25, -0.2) is 4.39 Å². The van der Waals surface area contributed by atoms with Crippen LogP contribution in [0.4, 0.5) is 4.39 Å². The van der Waals surface area contributed by atoms with Crippen molar-refractivity contribution in [2.24, 2.45) is 0 Å². The van der Waals surface area contributed by atoms with Crippen LogP contribution in [0.25, 0.3) is 16.9 Å². The van der Waals surface area contributed by atoms with E-state index in [1.54, 1.807) is 12.1 Å². The van der Waals surface area contributed by atoms with Crippen LogP contribution in [0.15, 0.2) is 70.3 Å². The Hall–Kier alpha value is -2.97. The molecule has 1 saturated heterocycles. The zero-order valence-electron chi connectivity index (χ0n) is 17.7. The fourth-order valence-electron chi connectivity index (χ4n) is 3.92. The number of halogens is 1. The Balaban J connectivity index is 1.37. The van der Waals surface area contributed by atoms with E-state index in [0.717, 1.165) is 53.3 Å². The molecule has 0 atom stereocenters. The van der Waals surface area contributed by atoms with Gasteiger partial charge >= 0.3 is 0 Å². The lowest BCUT2D eigenvalue weighted by molar-refractivity contribution is 0.214. The van der Waals surface area contributed by atoms with Crippen molar-refractivity contribution < 1.29 is 8.91 Å². The van der Waals surface area contributed by atoms with Gasteiger partial charge in [-0.2, -0.15) is 0 Å². The van der Waals surface area contributed by atoms with Crippen LogP contribution in [0.5, 0.6) is 0 Å². The van der Waals surface area contributed by atoms with E-state index < -0.39 is 0 Å². The number of hydrogen-bond donors (Lipinski definition) is 0. The van der Waals surface area contributed by atoms with Crippen molar-refractivity contribution in [3.8, 4) is 16.9 Å². The molecule has 0 N–H and O–H groups in total. The van der Waals surface area contributed by atoms with Crippen LogP contribution in [0.1, 0.15) is 30.8 Å². The third-order valence-electron chi connectivity index (χ3n) is 5.57. The molecule has 0 radical (unpaired) electrons. The second-order valence-corrected chi connectivity index (χ2v) is 8.82. The monoisotopic (exact) mass is 449 g/mol. The highest BCUT2D eigenvalue weighted by molar-refractivity contribution is 7.98. The lowest BCUT2D eigenvalue weighted by atomic mass is 10.1. The summed E-state index contributed by atoms with van der Waals surface area (Å²) in [6.07, 6.45) is 3.70. The molecule has 8 heteroatoms. The van der Waals surface area contributed by atoms with E-state index in [1.807, 2.05) is 41.0 Å². The maximum absolute atomic E-state index is 13.5. The molecule has 32 heavy (non-hydrogen) atoms. The molecule has 3 heterocycles. The number of benzene rings is 2. The van der Waals surface area contributed by atoms with Gasteiger partial charge in [-0.05, 0) is 50.2 Å².